The molecule has 0 saturated carbocycles. The molecule has 0 fully saturated rings. The van der Waals surface area contributed by atoms with Crippen molar-refractivity contribution in [2.24, 2.45) is 0 Å². The fraction of sp³-hybridized carbons (Fsp3) is 0.429. The number of nitrogens with zero attached hydrogens (tertiary/aromatic N) is 1. The lowest BCUT2D eigenvalue weighted by atomic mass is 9.89. The average molecular weight is 311 g/mol. The lowest BCUT2D eigenvalue weighted by Crippen LogP contribution is -2.46. The summed E-state index contributed by atoms with van der Waals surface area (Å²) in [5, 5.41) is 8.16. The highest BCUT2D eigenvalue weighted by Crippen LogP contribution is 2.29. The number of aliphatic carboxylic acids is 1. The van der Waals surface area contributed by atoms with Gasteiger partial charge in [0.1, 0.15) is 5.25 Å². The van der Waals surface area contributed by atoms with Crippen molar-refractivity contribution in [3.05, 3.63) is 35.4 Å². The van der Waals surface area contributed by atoms with E-state index in [4.69, 9.17) is 0 Å². The lowest BCUT2D eigenvalue weighted by Gasteiger charge is -2.34. The van der Waals surface area contributed by atoms with E-state index in [1.165, 1.54) is 11.8 Å². The summed E-state index contributed by atoms with van der Waals surface area (Å²) in [5.41, 5.74) is 1.42. The summed E-state index contributed by atoms with van der Waals surface area (Å²) in [7, 11) is -3.51. The Bertz CT molecular complexity index is 682. The Morgan fingerprint density at radius 1 is 1.33 bits per heavy atom. The monoisotopic (exact) mass is 311 g/mol. The van der Waals surface area contributed by atoms with Crippen LogP contribution >= 0.6 is 0 Å². The molecule has 1 aromatic carbocycles. The standard InChI is InChI=1S/C14H17NO5S/c1-9(21(2,19)20)13(16)15-7-10-5-3-4-6-11(10)12(8-15)14(17)18/h3-6,9,12H,7-8H2,1-2H3,(H,17,18). The van der Waals surface area contributed by atoms with E-state index >= 15 is 0 Å². The first-order valence-electron chi connectivity index (χ1n) is 6.50. The van der Waals surface area contributed by atoms with Gasteiger partial charge < -0.3 is 10.0 Å². The number of benzene rings is 1. The Hall–Kier alpha value is -1.89. The van der Waals surface area contributed by atoms with Crippen LogP contribution in [0.1, 0.15) is 24.0 Å². The number of hydrogen-bond donors (Lipinski definition) is 1. The summed E-state index contributed by atoms with van der Waals surface area (Å²) in [6.07, 6.45) is 1.00. The van der Waals surface area contributed by atoms with Crippen molar-refractivity contribution in [3.8, 4) is 0 Å². The molecule has 1 aliphatic rings. The van der Waals surface area contributed by atoms with Gasteiger partial charge in [-0.3, -0.25) is 9.59 Å². The maximum absolute atomic E-state index is 12.3. The van der Waals surface area contributed by atoms with Crippen molar-refractivity contribution >= 4 is 21.7 Å². The molecule has 0 bridgehead atoms. The topological polar surface area (TPSA) is 91.8 Å². The van der Waals surface area contributed by atoms with Crippen LogP contribution in [-0.2, 0) is 26.0 Å². The molecule has 1 aromatic rings. The molecule has 1 N–H and O–H groups in total. The molecule has 0 aliphatic carbocycles. The van der Waals surface area contributed by atoms with Crippen LogP contribution in [0.5, 0.6) is 0 Å². The molecule has 2 rings (SSSR count). The fourth-order valence-corrected chi connectivity index (χ4v) is 2.94. The highest BCUT2D eigenvalue weighted by atomic mass is 32.2. The molecule has 0 aromatic heterocycles. The summed E-state index contributed by atoms with van der Waals surface area (Å²) in [5.74, 6) is -2.41. The number of amides is 1. The third-order valence-electron chi connectivity index (χ3n) is 3.79. The van der Waals surface area contributed by atoms with E-state index < -0.39 is 32.9 Å². The van der Waals surface area contributed by atoms with Gasteiger partial charge in [0.25, 0.3) is 0 Å². The van der Waals surface area contributed by atoms with Crippen molar-refractivity contribution in [3.63, 3.8) is 0 Å². The van der Waals surface area contributed by atoms with Crippen molar-refractivity contribution in [2.45, 2.75) is 24.6 Å². The van der Waals surface area contributed by atoms with Crippen molar-refractivity contribution in [1.29, 1.82) is 0 Å². The molecule has 0 spiro atoms. The van der Waals surface area contributed by atoms with E-state index in [1.54, 1.807) is 24.3 Å². The third-order valence-corrected chi connectivity index (χ3v) is 5.28. The average Bonchev–Trinajstić information content (AvgIpc) is 2.43. The molecule has 2 unspecified atom stereocenters. The highest BCUT2D eigenvalue weighted by molar-refractivity contribution is 7.92. The Kier molecular flexibility index (Phi) is 4.04. The van der Waals surface area contributed by atoms with E-state index in [1.807, 2.05) is 0 Å². The molecule has 1 amide bonds. The number of sulfone groups is 1. The first kappa shape index (κ1) is 15.5. The highest BCUT2D eigenvalue weighted by Gasteiger charge is 2.36. The van der Waals surface area contributed by atoms with Crippen LogP contribution in [0, 0.1) is 0 Å². The summed E-state index contributed by atoms with van der Waals surface area (Å²) in [6.45, 7) is 1.55. The van der Waals surface area contributed by atoms with Gasteiger partial charge in [-0.1, -0.05) is 24.3 Å². The van der Waals surface area contributed by atoms with E-state index in [-0.39, 0.29) is 13.1 Å². The molecule has 1 heterocycles. The number of fused-ring (bicyclic) bond motifs is 1. The first-order chi connectivity index (χ1) is 9.71. The Labute approximate surface area is 123 Å². The molecular weight excluding hydrogens is 294 g/mol. The zero-order valence-electron chi connectivity index (χ0n) is 11.8. The Morgan fingerprint density at radius 2 is 1.95 bits per heavy atom. The summed E-state index contributed by atoms with van der Waals surface area (Å²) in [4.78, 5) is 25.0. The minimum atomic E-state index is -3.51. The minimum absolute atomic E-state index is 0.00889. The summed E-state index contributed by atoms with van der Waals surface area (Å²) >= 11 is 0. The number of carbonyl (C=O) groups is 2. The maximum Gasteiger partial charge on any atom is 0.312 e. The Balaban J connectivity index is 2.34. The van der Waals surface area contributed by atoms with Crippen LogP contribution < -0.4 is 0 Å². The minimum Gasteiger partial charge on any atom is -0.481 e. The van der Waals surface area contributed by atoms with Gasteiger partial charge in [-0.25, -0.2) is 8.42 Å². The second-order valence-corrected chi connectivity index (χ2v) is 7.65. The largest absolute Gasteiger partial charge is 0.481 e. The zero-order chi connectivity index (χ0) is 15.8. The number of hydrogen-bond acceptors (Lipinski definition) is 4. The molecular formula is C14H17NO5S. The van der Waals surface area contributed by atoms with Gasteiger partial charge in [0.05, 0.1) is 5.92 Å². The van der Waals surface area contributed by atoms with Gasteiger partial charge in [0, 0.05) is 19.3 Å². The second-order valence-electron chi connectivity index (χ2n) is 5.28. The van der Waals surface area contributed by atoms with Gasteiger partial charge in [-0.2, -0.15) is 0 Å². The Morgan fingerprint density at radius 3 is 2.52 bits per heavy atom. The van der Waals surface area contributed by atoms with E-state index in [0.717, 1.165) is 11.8 Å². The molecule has 21 heavy (non-hydrogen) atoms. The maximum atomic E-state index is 12.3. The van der Waals surface area contributed by atoms with Crippen molar-refractivity contribution < 1.29 is 23.1 Å². The predicted octanol–water partition coefficient (Wildman–Crippen LogP) is 0.630. The van der Waals surface area contributed by atoms with E-state index in [2.05, 4.69) is 0 Å². The van der Waals surface area contributed by atoms with Gasteiger partial charge >= 0.3 is 5.97 Å². The number of rotatable bonds is 3. The van der Waals surface area contributed by atoms with E-state index in [9.17, 15) is 23.1 Å². The number of carboxylic acids is 1. The van der Waals surface area contributed by atoms with Crippen LogP contribution in [0.2, 0.25) is 0 Å². The molecule has 2 atom stereocenters. The zero-order valence-corrected chi connectivity index (χ0v) is 12.6. The third kappa shape index (κ3) is 3.07. The van der Waals surface area contributed by atoms with Crippen LogP contribution in [0.15, 0.2) is 24.3 Å². The smallest absolute Gasteiger partial charge is 0.312 e. The first-order valence-corrected chi connectivity index (χ1v) is 8.45. The van der Waals surface area contributed by atoms with Gasteiger partial charge in [-0.05, 0) is 18.1 Å². The van der Waals surface area contributed by atoms with Gasteiger partial charge in [-0.15, -0.1) is 0 Å². The molecule has 7 heteroatoms. The number of carbonyl (C=O) groups excluding carboxylic acids is 1. The quantitative estimate of drug-likeness (QED) is 0.884. The van der Waals surface area contributed by atoms with E-state index in [0.29, 0.717) is 5.56 Å². The molecule has 6 nitrogen and oxygen atoms in total. The molecule has 0 radical (unpaired) electrons. The van der Waals surface area contributed by atoms with Crippen molar-refractivity contribution in [1.82, 2.24) is 4.90 Å². The van der Waals surface area contributed by atoms with Crippen molar-refractivity contribution in [2.75, 3.05) is 12.8 Å². The SMILES string of the molecule is CC(C(=O)N1Cc2ccccc2C(C(=O)O)C1)S(C)(=O)=O. The number of carboxylic acid groups (broad SMARTS) is 1. The normalized spacial score (nSPS) is 19.7. The summed E-state index contributed by atoms with van der Waals surface area (Å²) < 4.78 is 23.0. The van der Waals surface area contributed by atoms with Gasteiger partial charge in [0.2, 0.25) is 5.91 Å². The molecule has 114 valence electrons. The molecule has 0 saturated heterocycles. The fourth-order valence-electron chi connectivity index (χ4n) is 2.43. The lowest BCUT2D eigenvalue weighted by molar-refractivity contribution is -0.141. The predicted molar refractivity (Wildman–Crippen MR) is 76.5 cm³/mol. The van der Waals surface area contributed by atoms with Crippen LogP contribution in [-0.4, -0.2) is 48.4 Å². The summed E-state index contributed by atoms with van der Waals surface area (Å²) in [6, 6.07) is 7.02. The molecule has 1 aliphatic heterocycles. The second kappa shape index (κ2) is 5.48. The van der Waals surface area contributed by atoms with Crippen LogP contribution in [0.4, 0.5) is 0 Å². The van der Waals surface area contributed by atoms with Gasteiger partial charge in [0.15, 0.2) is 9.84 Å². The van der Waals surface area contributed by atoms with Crippen LogP contribution in [0.3, 0.4) is 0 Å². The van der Waals surface area contributed by atoms with Crippen LogP contribution in [0.25, 0.3) is 0 Å².